The first-order valence-corrected chi connectivity index (χ1v) is 9.57. The summed E-state index contributed by atoms with van der Waals surface area (Å²) in [5, 5.41) is 15.6. The van der Waals surface area contributed by atoms with Crippen molar-refractivity contribution < 1.29 is 23.8 Å². The number of aliphatic hydroxyl groups excluding tert-OH is 1. The van der Waals surface area contributed by atoms with Crippen LogP contribution in [-0.4, -0.2) is 36.1 Å². The number of aliphatic hydroxyl groups is 1. The lowest BCUT2D eigenvalue weighted by Gasteiger charge is -2.23. The summed E-state index contributed by atoms with van der Waals surface area (Å²) in [6.07, 6.45) is -0.984. The SMILES string of the molecule is CCOc1ccccc1C(=O)NC(C(=O)NCC(O)c1ccc(F)cc1)C(C)C. The minimum atomic E-state index is -0.984. The molecule has 6 nitrogen and oxygen atoms in total. The van der Waals surface area contributed by atoms with E-state index in [9.17, 15) is 19.1 Å². The van der Waals surface area contributed by atoms with Gasteiger partial charge >= 0.3 is 0 Å². The molecule has 0 aromatic heterocycles. The number of carbonyl (C=O) groups is 2. The number of para-hydroxylation sites is 1. The minimum Gasteiger partial charge on any atom is -0.493 e. The number of rotatable bonds is 9. The molecule has 3 N–H and O–H groups in total. The fraction of sp³-hybridized carbons (Fsp3) is 0.364. The van der Waals surface area contributed by atoms with E-state index in [1.807, 2.05) is 20.8 Å². The molecule has 0 aliphatic heterocycles. The zero-order valence-electron chi connectivity index (χ0n) is 16.8. The van der Waals surface area contributed by atoms with Gasteiger partial charge in [-0.05, 0) is 42.7 Å². The molecule has 0 aliphatic rings. The molecule has 2 atom stereocenters. The lowest BCUT2D eigenvalue weighted by molar-refractivity contribution is -0.124. The number of nitrogens with one attached hydrogen (secondary N) is 2. The fourth-order valence-electron chi connectivity index (χ4n) is 2.80. The molecule has 7 heteroatoms. The van der Waals surface area contributed by atoms with Gasteiger partial charge in [0.05, 0.1) is 18.3 Å². The molecular formula is C22H27FN2O4. The molecular weight excluding hydrogens is 375 g/mol. The van der Waals surface area contributed by atoms with E-state index in [0.717, 1.165) is 0 Å². The van der Waals surface area contributed by atoms with E-state index < -0.39 is 29.8 Å². The molecule has 0 saturated heterocycles. The van der Waals surface area contributed by atoms with Crippen molar-refractivity contribution in [1.82, 2.24) is 10.6 Å². The Morgan fingerprint density at radius 2 is 1.76 bits per heavy atom. The Kier molecular flexibility index (Phi) is 8.15. The molecule has 0 bridgehead atoms. The van der Waals surface area contributed by atoms with E-state index in [4.69, 9.17) is 4.74 Å². The Morgan fingerprint density at radius 1 is 1.10 bits per heavy atom. The lowest BCUT2D eigenvalue weighted by Crippen LogP contribution is -2.50. The topological polar surface area (TPSA) is 87.7 Å². The first-order chi connectivity index (χ1) is 13.8. The second-order valence-corrected chi connectivity index (χ2v) is 6.94. The lowest BCUT2D eigenvalue weighted by atomic mass is 10.0. The molecule has 2 aromatic carbocycles. The number of ether oxygens (including phenoxy) is 1. The maximum absolute atomic E-state index is 13.0. The third-order valence-electron chi connectivity index (χ3n) is 4.39. The van der Waals surface area contributed by atoms with Crippen molar-refractivity contribution >= 4 is 11.8 Å². The van der Waals surface area contributed by atoms with Crippen molar-refractivity contribution in [2.75, 3.05) is 13.2 Å². The second-order valence-electron chi connectivity index (χ2n) is 6.94. The summed E-state index contributed by atoms with van der Waals surface area (Å²) in [5.41, 5.74) is 0.835. The molecule has 2 rings (SSSR count). The predicted molar refractivity (Wildman–Crippen MR) is 108 cm³/mol. The highest BCUT2D eigenvalue weighted by Crippen LogP contribution is 2.18. The van der Waals surface area contributed by atoms with Crippen LogP contribution in [0.3, 0.4) is 0 Å². The van der Waals surface area contributed by atoms with Crippen molar-refractivity contribution in [3.63, 3.8) is 0 Å². The predicted octanol–water partition coefficient (Wildman–Crippen LogP) is 2.83. The third kappa shape index (κ3) is 6.29. The summed E-state index contributed by atoms with van der Waals surface area (Å²) in [5.74, 6) is -0.964. The average Bonchev–Trinajstić information content (AvgIpc) is 2.70. The third-order valence-corrected chi connectivity index (χ3v) is 4.39. The molecule has 2 amide bonds. The molecule has 0 radical (unpaired) electrons. The Labute approximate surface area is 170 Å². The van der Waals surface area contributed by atoms with Gasteiger partial charge in [-0.15, -0.1) is 0 Å². The van der Waals surface area contributed by atoms with Gasteiger partial charge in [0.25, 0.3) is 5.91 Å². The average molecular weight is 402 g/mol. The molecule has 2 unspecified atom stereocenters. The van der Waals surface area contributed by atoms with Gasteiger partial charge in [0, 0.05) is 6.54 Å². The van der Waals surface area contributed by atoms with E-state index in [1.165, 1.54) is 24.3 Å². The summed E-state index contributed by atoms with van der Waals surface area (Å²) < 4.78 is 18.5. The van der Waals surface area contributed by atoms with Gasteiger partial charge in [0.2, 0.25) is 5.91 Å². The number of benzene rings is 2. The standard InChI is InChI=1S/C22H27FN2O4/c1-4-29-19-8-6-5-7-17(19)21(27)25-20(14(2)3)22(28)24-13-18(26)15-9-11-16(23)12-10-15/h5-12,14,18,20,26H,4,13H2,1-3H3,(H,24,28)(H,25,27). The van der Waals surface area contributed by atoms with Crippen LogP contribution in [0.5, 0.6) is 5.75 Å². The normalized spacial score (nSPS) is 12.9. The molecule has 0 saturated carbocycles. The largest absolute Gasteiger partial charge is 0.493 e. The summed E-state index contributed by atoms with van der Waals surface area (Å²) in [4.78, 5) is 25.3. The molecule has 2 aromatic rings. The number of amides is 2. The highest BCUT2D eigenvalue weighted by molar-refractivity contribution is 5.99. The first-order valence-electron chi connectivity index (χ1n) is 9.57. The van der Waals surface area contributed by atoms with Gasteiger partial charge in [-0.3, -0.25) is 9.59 Å². The molecule has 156 valence electrons. The van der Waals surface area contributed by atoms with E-state index in [1.54, 1.807) is 24.3 Å². The van der Waals surface area contributed by atoms with Crippen LogP contribution in [0.1, 0.15) is 42.8 Å². The van der Waals surface area contributed by atoms with Crippen molar-refractivity contribution in [2.24, 2.45) is 5.92 Å². The summed E-state index contributed by atoms with van der Waals surface area (Å²) in [6.45, 7) is 5.81. The Morgan fingerprint density at radius 3 is 2.38 bits per heavy atom. The van der Waals surface area contributed by atoms with Crippen molar-refractivity contribution in [3.05, 3.63) is 65.5 Å². The summed E-state index contributed by atoms with van der Waals surface area (Å²) >= 11 is 0. The van der Waals surface area contributed by atoms with Gasteiger partial charge in [0.15, 0.2) is 0 Å². The minimum absolute atomic E-state index is 0.0565. The smallest absolute Gasteiger partial charge is 0.255 e. The molecule has 0 aliphatic carbocycles. The van der Waals surface area contributed by atoms with Crippen LogP contribution in [-0.2, 0) is 4.79 Å². The van der Waals surface area contributed by atoms with Crippen molar-refractivity contribution in [1.29, 1.82) is 0 Å². The maximum Gasteiger partial charge on any atom is 0.255 e. The molecule has 0 spiro atoms. The van der Waals surface area contributed by atoms with Crippen LogP contribution in [0.2, 0.25) is 0 Å². The van der Waals surface area contributed by atoms with Crippen LogP contribution in [0, 0.1) is 11.7 Å². The van der Waals surface area contributed by atoms with E-state index in [-0.39, 0.29) is 12.5 Å². The van der Waals surface area contributed by atoms with Crippen LogP contribution >= 0.6 is 0 Å². The highest BCUT2D eigenvalue weighted by atomic mass is 19.1. The molecule has 0 heterocycles. The fourth-order valence-corrected chi connectivity index (χ4v) is 2.80. The maximum atomic E-state index is 13.0. The zero-order chi connectivity index (χ0) is 21.4. The second kappa shape index (κ2) is 10.6. The van der Waals surface area contributed by atoms with Crippen molar-refractivity contribution in [3.8, 4) is 5.75 Å². The first kappa shape index (κ1) is 22.4. The molecule has 29 heavy (non-hydrogen) atoms. The Bertz CT molecular complexity index is 824. The van der Waals surface area contributed by atoms with Gasteiger partial charge in [-0.1, -0.05) is 38.1 Å². The van der Waals surface area contributed by atoms with Gasteiger partial charge in [-0.25, -0.2) is 4.39 Å². The molecule has 0 fully saturated rings. The number of halogens is 1. The van der Waals surface area contributed by atoms with Crippen LogP contribution < -0.4 is 15.4 Å². The van der Waals surface area contributed by atoms with E-state index in [0.29, 0.717) is 23.5 Å². The number of hydrogen-bond donors (Lipinski definition) is 3. The quantitative estimate of drug-likeness (QED) is 0.602. The van der Waals surface area contributed by atoms with Crippen molar-refractivity contribution in [2.45, 2.75) is 32.9 Å². The van der Waals surface area contributed by atoms with Gasteiger partial charge < -0.3 is 20.5 Å². The summed E-state index contributed by atoms with van der Waals surface area (Å²) in [6, 6.07) is 11.4. The Hall–Kier alpha value is -2.93. The van der Waals surface area contributed by atoms with Gasteiger partial charge in [-0.2, -0.15) is 0 Å². The number of carbonyl (C=O) groups excluding carboxylic acids is 2. The van der Waals surface area contributed by atoms with Crippen LogP contribution in [0.4, 0.5) is 4.39 Å². The van der Waals surface area contributed by atoms with Crippen LogP contribution in [0.15, 0.2) is 48.5 Å². The van der Waals surface area contributed by atoms with E-state index in [2.05, 4.69) is 10.6 Å². The monoisotopic (exact) mass is 402 g/mol. The Balaban J connectivity index is 2.02. The van der Waals surface area contributed by atoms with E-state index >= 15 is 0 Å². The van der Waals surface area contributed by atoms with Gasteiger partial charge in [0.1, 0.15) is 17.6 Å². The zero-order valence-corrected chi connectivity index (χ0v) is 16.8. The highest BCUT2D eigenvalue weighted by Gasteiger charge is 2.26. The number of hydrogen-bond acceptors (Lipinski definition) is 4. The van der Waals surface area contributed by atoms with Crippen LogP contribution in [0.25, 0.3) is 0 Å². The summed E-state index contributed by atoms with van der Waals surface area (Å²) in [7, 11) is 0.